The van der Waals surface area contributed by atoms with Gasteiger partial charge in [-0.15, -0.1) is 0 Å². The molecule has 0 amide bonds. The van der Waals surface area contributed by atoms with Gasteiger partial charge in [0.05, 0.1) is 5.39 Å². The van der Waals surface area contributed by atoms with Crippen molar-refractivity contribution in [2.75, 3.05) is 0 Å². The number of aromatic nitrogens is 4. The Morgan fingerprint density at radius 2 is 1.88 bits per heavy atom. The van der Waals surface area contributed by atoms with Crippen LogP contribution in [0.3, 0.4) is 0 Å². The summed E-state index contributed by atoms with van der Waals surface area (Å²) in [4.78, 5) is 16.8. The third kappa shape index (κ3) is 1.83. The van der Waals surface area contributed by atoms with Crippen LogP contribution in [0.4, 0.5) is 0 Å². The molecular weight excluding hydrogens is 236 g/mol. The second-order valence-electron chi connectivity index (χ2n) is 3.45. The number of halogens is 1. The summed E-state index contributed by atoms with van der Waals surface area (Å²) in [6.07, 6.45) is 5.07. The minimum absolute atomic E-state index is 0.405. The molecule has 82 valence electrons. The highest BCUT2D eigenvalue weighted by molar-refractivity contribution is 6.34. The Kier molecular flexibility index (Phi) is 2.42. The number of fused-ring (bicyclic) bond motifs is 1. The Balaban J connectivity index is 2.26. The van der Waals surface area contributed by atoms with Crippen LogP contribution in [0.25, 0.3) is 22.4 Å². The van der Waals surface area contributed by atoms with E-state index in [1.807, 2.05) is 18.2 Å². The summed E-state index contributed by atoms with van der Waals surface area (Å²) < 4.78 is 0. The van der Waals surface area contributed by atoms with Crippen molar-refractivity contribution in [3.63, 3.8) is 0 Å². The number of rotatable bonds is 1. The van der Waals surface area contributed by atoms with Gasteiger partial charge >= 0.3 is 0 Å². The first-order chi connectivity index (χ1) is 8.34. The van der Waals surface area contributed by atoms with Crippen LogP contribution in [0.2, 0.25) is 5.15 Å². The molecule has 0 bridgehead atoms. The lowest BCUT2D eigenvalue weighted by Gasteiger charge is -2.02. The molecule has 0 aliphatic rings. The Bertz CT molecular complexity index is 670. The van der Waals surface area contributed by atoms with Gasteiger partial charge in [0.25, 0.3) is 0 Å². The highest BCUT2D eigenvalue weighted by Gasteiger charge is 2.07. The van der Waals surface area contributed by atoms with Crippen molar-refractivity contribution in [2.45, 2.75) is 0 Å². The van der Waals surface area contributed by atoms with Crippen LogP contribution in [0.1, 0.15) is 0 Å². The maximum absolute atomic E-state index is 6.10. The minimum atomic E-state index is 0.405. The first kappa shape index (κ1) is 10.1. The van der Waals surface area contributed by atoms with Gasteiger partial charge in [-0.25, -0.2) is 15.0 Å². The van der Waals surface area contributed by atoms with Crippen LogP contribution in [0.5, 0.6) is 0 Å². The maximum atomic E-state index is 6.10. The highest BCUT2D eigenvalue weighted by atomic mass is 35.5. The number of pyridine rings is 2. The van der Waals surface area contributed by atoms with E-state index in [9.17, 15) is 0 Å². The lowest BCUT2D eigenvalue weighted by molar-refractivity contribution is 1.18. The van der Waals surface area contributed by atoms with Crippen molar-refractivity contribution in [3.05, 3.63) is 48.0 Å². The van der Waals surface area contributed by atoms with Gasteiger partial charge in [-0.3, -0.25) is 4.98 Å². The molecular formula is C12H7ClN4. The van der Waals surface area contributed by atoms with Crippen molar-refractivity contribution in [1.82, 2.24) is 19.9 Å². The molecule has 0 N–H and O–H groups in total. The van der Waals surface area contributed by atoms with E-state index in [0.717, 1.165) is 10.9 Å². The molecule has 3 heterocycles. The predicted octanol–water partition coefficient (Wildman–Crippen LogP) is 2.74. The molecule has 0 aliphatic carbocycles. The summed E-state index contributed by atoms with van der Waals surface area (Å²) in [5.74, 6) is 0.536. The lowest BCUT2D eigenvalue weighted by Crippen LogP contribution is -1.93. The molecule has 3 rings (SSSR count). The Morgan fingerprint density at radius 1 is 1.00 bits per heavy atom. The summed E-state index contributed by atoms with van der Waals surface area (Å²) in [5, 5.41) is 1.16. The summed E-state index contributed by atoms with van der Waals surface area (Å²) in [6.45, 7) is 0. The second kappa shape index (κ2) is 4.07. The molecule has 0 saturated heterocycles. The van der Waals surface area contributed by atoms with E-state index in [-0.39, 0.29) is 0 Å². The zero-order valence-corrected chi connectivity index (χ0v) is 9.46. The number of hydrogen-bond acceptors (Lipinski definition) is 4. The SMILES string of the molecule is Clc1nc(-c2cccnc2)nc2ncccc12. The zero-order chi connectivity index (χ0) is 11.7. The first-order valence-electron chi connectivity index (χ1n) is 5.03. The van der Waals surface area contributed by atoms with Crippen LogP contribution in [-0.4, -0.2) is 19.9 Å². The lowest BCUT2D eigenvalue weighted by atomic mass is 10.2. The van der Waals surface area contributed by atoms with Gasteiger partial charge in [-0.05, 0) is 24.3 Å². The highest BCUT2D eigenvalue weighted by Crippen LogP contribution is 2.22. The molecule has 3 aromatic rings. The van der Waals surface area contributed by atoms with E-state index < -0.39 is 0 Å². The summed E-state index contributed by atoms with van der Waals surface area (Å²) >= 11 is 6.10. The smallest absolute Gasteiger partial charge is 0.164 e. The molecule has 0 saturated carbocycles. The molecule has 5 heteroatoms. The van der Waals surface area contributed by atoms with E-state index in [0.29, 0.717) is 16.6 Å². The van der Waals surface area contributed by atoms with Crippen LogP contribution in [0.15, 0.2) is 42.9 Å². The molecule has 3 aromatic heterocycles. The second-order valence-corrected chi connectivity index (χ2v) is 3.81. The average molecular weight is 243 g/mol. The standard InChI is InChI=1S/C12H7ClN4/c13-10-9-4-2-6-15-12(9)17-11(16-10)8-3-1-5-14-7-8/h1-7H. The average Bonchev–Trinajstić information content (AvgIpc) is 2.40. The zero-order valence-electron chi connectivity index (χ0n) is 8.71. The van der Waals surface area contributed by atoms with Gasteiger partial charge in [-0.1, -0.05) is 11.6 Å². The molecule has 17 heavy (non-hydrogen) atoms. The predicted molar refractivity (Wildman–Crippen MR) is 65.6 cm³/mol. The van der Waals surface area contributed by atoms with Crippen LogP contribution in [-0.2, 0) is 0 Å². The monoisotopic (exact) mass is 242 g/mol. The van der Waals surface area contributed by atoms with E-state index >= 15 is 0 Å². The Hall–Kier alpha value is -2.07. The van der Waals surface area contributed by atoms with E-state index in [4.69, 9.17) is 11.6 Å². The van der Waals surface area contributed by atoms with E-state index in [1.165, 1.54) is 0 Å². The maximum Gasteiger partial charge on any atom is 0.164 e. The normalized spacial score (nSPS) is 10.6. The van der Waals surface area contributed by atoms with E-state index in [2.05, 4.69) is 19.9 Å². The van der Waals surface area contributed by atoms with Gasteiger partial charge in [-0.2, -0.15) is 0 Å². The molecule has 0 fully saturated rings. The Labute approximate surface area is 102 Å². The number of nitrogens with zero attached hydrogens (tertiary/aromatic N) is 4. The fourth-order valence-electron chi connectivity index (χ4n) is 1.55. The van der Waals surface area contributed by atoms with Gasteiger partial charge in [0.15, 0.2) is 11.5 Å². The quantitative estimate of drug-likeness (QED) is 0.616. The summed E-state index contributed by atoms with van der Waals surface area (Å²) in [6, 6.07) is 7.36. The largest absolute Gasteiger partial charge is 0.264 e. The third-order valence-electron chi connectivity index (χ3n) is 2.34. The first-order valence-corrected chi connectivity index (χ1v) is 5.41. The molecule has 0 unspecified atom stereocenters. The van der Waals surface area contributed by atoms with Crippen molar-refractivity contribution >= 4 is 22.6 Å². The van der Waals surface area contributed by atoms with Crippen molar-refractivity contribution in [3.8, 4) is 11.4 Å². The summed E-state index contributed by atoms with van der Waals surface area (Å²) in [7, 11) is 0. The molecule has 0 aromatic carbocycles. The topological polar surface area (TPSA) is 51.6 Å². The van der Waals surface area contributed by atoms with E-state index in [1.54, 1.807) is 24.7 Å². The van der Waals surface area contributed by atoms with Crippen molar-refractivity contribution in [2.24, 2.45) is 0 Å². The minimum Gasteiger partial charge on any atom is -0.264 e. The van der Waals surface area contributed by atoms with Gasteiger partial charge in [0.2, 0.25) is 0 Å². The van der Waals surface area contributed by atoms with Crippen molar-refractivity contribution in [1.29, 1.82) is 0 Å². The molecule has 0 spiro atoms. The molecule has 4 nitrogen and oxygen atoms in total. The molecule has 0 radical (unpaired) electrons. The van der Waals surface area contributed by atoms with Gasteiger partial charge in [0, 0.05) is 24.2 Å². The molecule has 0 aliphatic heterocycles. The van der Waals surface area contributed by atoms with Gasteiger partial charge < -0.3 is 0 Å². The third-order valence-corrected chi connectivity index (χ3v) is 2.63. The Morgan fingerprint density at radius 3 is 2.71 bits per heavy atom. The fourth-order valence-corrected chi connectivity index (χ4v) is 1.78. The number of hydrogen-bond donors (Lipinski definition) is 0. The van der Waals surface area contributed by atoms with Crippen LogP contribution >= 0.6 is 11.6 Å². The van der Waals surface area contributed by atoms with Crippen molar-refractivity contribution < 1.29 is 0 Å². The van der Waals surface area contributed by atoms with Crippen LogP contribution < -0.4 is 0 Å². The van der Waals surface area contributed by atoms with Crippen LogP contribution in [0, 0.1) is 0 Å². The summed E-state index contributed by atoms with van der Waals surface area (Å²) in [5.41, 5.74) is 1.41. The van der Waals surface area contributed by atoms with Gasteiger partial charge in [0.1, 0.15) is 5.15 Å². The molecule has 0 atom stereocenters. The fraction of sp³-hybridized carbons (Fsp3) is 0.